The molecule has 1 aliphatic carbocycles. The molecule has 0 unspecified atom stereocenters. The predicted octanol–water partition coefficient (Wildman–Crippen LogP) is 5.50. The maximum absolute atomic E-state index is 12.7. The molecule has 1 heterocycles. The lowest BCUT2D eigenvalue weighted by atomic mass is 10.2. The highest BCUT2D eigenvalue weighted by molar-refractivity contribution is 9.11. The molecule has 0 atom stereocenters. The van der Waals surface area contributed by atoms with Gasteiger partial charge in [0.1, 0.15) is 5.76 Å². The number of aryl methyl sites for hydroxylation is 1. The lowest BCUT2D eigenvalue weighted by Crippen LogP contribution is -2.39. The van der Waals surface area contributed by atoms with Gasteiger partial charge in [0.15, 0.2) is 0 Å². The molecule has 4 nitrogen and oxygen atoms in total. The predicted molar refractivity (Wildman–Crippen MR) is 107 cm³/mol. The summed E-state index contributed by atoms with van der Waals surface area (Å²) >= 11 is 7.07. The number of carbonyl (C=O) groups is 1. The molecular formula is C19H22Br2N2O2. The first-order valence-electron chi connectivity index (χ1n) is 8.55. The van der Waals surface area contributed by atoms with Crippen molar-refractivity contribution in [2.45, 2.75) is 45.2 Å². The standard InChI is InChI=1S/C19H22Br2N2O2/c1-13-9-16(20)19(17(21)10-13)22-18(24)12-23(14-5-2-3-6-14)11-15-7-4-8-25-15/h4,7-10,14H,2-3,5-6,11-12H2,1H3,(H,22,24). The van der Waals surface area contributed by atoms with E-state index < -0.39 is 0 Å². The Morgan fingerprint density at radius 2 is 1.96 bits per heavy atom. The normalized spacial score (nSPS) is 15.0. The summed E-state index contributed by atoms with van der Waals surface area (Å²) in [6.07, 6.45) is 6.44. The van der Waals surface area contributed by atoms with Crippen LogP contribution in [0.1, 0.15) is 37.0 Å². The number of furan rings is 1. The monoisotopic (exact) mass is 468 g/mol. The molecule has 0 radical (unpaired) electrons. The van der Waals surface area contributed by atoms with Gasteiger partial charge in [-0.25, -0.2) is 0 Å². The minimum atomic E-state index is -0.0105. The maximum Gasteiger partial charge on any atom is 0.238 e. The van der Waals surface area contributed by atoms with Crippen molar-refractivity contribution in [3.8, 4) is 0 Å². The molecule has 1 fully saturated rings. The van der Waals surface area contributed by atoms with Crippen molar-refractivity contribution in [1.29, 1.82) is 0 Å². The van der Waals surface area contributed by atoms with Crippen molar-refractivity contribution < 1.29 is 9.21 Å². The number of halogens is 2. The van der Waals surface area contributed by atoms with E-state index >= 15 is 0 Å². The first-order valence-corrected chi connectivity index (χ1v) is 10.1. The number of anilines is 1. The van der Waals surface area contributed by atoms with Gasteiger partial charge in [-0.1, -0.05) is 12.8 Å². The Kier molecular flexibility index (Phi) is 6.36. The molecule has 3 rings (SSSR count). The molecule has 1 amide bonds. The van der Waals surface area contributed by atoms with E-state index in [0.717, 1.165) is 38.8 Å². The first-order chi connectivity index (χ1) is 12.0. The van der Waals surface area contributed by atoms with Crippen LogP contribution in [0.4, 0.5) is 5.69 Å². The van der Waals surface area contributed by atoms with Crippen molar-refractivity contribution in [1.82, 2.24) is 4.90 Å². The van der Waals surface area contributed by atoms with E-state index in [0.29, 0.717) is 19.1 Å². The molecular weight excluding hydrogens is 448 g/mol. The van der Waals surface area contributed by atoms with Crippen molar-refractivity contribution >= 4 is 43.5 Å². The highest BCUT2D eigenvalue weighted by atomic mass is 79.9. The zero-order chi connectivity index (χ0) is 17.8. The van der Waals surface area contributed by atoms with Gasteiger partial charge in [0.05, 0.1) is 25.0 Å². The van der Waals surface area contributed by atoms with Gasteiger partial charge in [-0.05, 0) is 81.5 Å². The third-order valence-electron chi connectivity index (χ3n) is 4.58. The fraction of sp³-hybridized carbons (Fsp3) is 0.421. The third-order valence-corrected chi connectivity index (χ3v) is 5.83. The van der Waals surface area contributed by atoms with Gasteiger partial charge in [0.2, 0.25) is 5.91 Å². The van der Waals surface area contributed by atoms with Gasteiger partial charge in [-0.15, -0.1) is 0 Å². The van der Waals surface area contributed by atoms with E-state index in [1.807, 2.05) is 31.2 Å². The molecule has 0 spiro atoms. The van der Waals surface area contributed by atoms with Crippen LogP contribution in [0, 0.1) is 6.92 Å². The van der Waals surface area contributed by atoms with Crippen LogP contribution >= 0.6 is 31.9 Å². The number of nitrogens with zero attached hydrogens (tertiary/aromatic N) is 1. The quantitative estimate of drug-likeness (QED) is 0.607. The molecule has 0 bridgehead atoms. The number of benzene rings is 1. The summed E-state index contributed by atoms with van der Waals surface area (Å²) in [4.78, 5) is 14.9. The number of hydrogen-bond donors (Lipinski definition) is 1. The summed E-state index contributed by atoms with van der Waals surface area (Å²) in [5.41, 5.74) is 1.90. The maximum atomic E-state index is 12.7. The zero-order valence-electron chi connectivity index (χ0n) is 14.2. The summed E-state index contributed by atoms with van der Waals surface area (Å²) < 4.78 is 7.25. The van der Waals surface area contributed by atoms with Gasteiger partial charge in [-0.3, -0.25) is 9.69 Å². The number of amides is 1. The summed E-state index contributed by atoms with van der Waals surface area (Å²) in [5, 5.41) is 3.03. The van der Waals surface area contributed by atoms with Crippen molar-refractivity contribution in [2.75, 3.05) is 11.9 Å². The SMILES string of the molecule is Cc1cc(Br)c(NC(=O)CN(Cc2ccco2)C2CCCC2)c(Br)c1. The number of carbonyl (C=O) groups excluding carboxylic acids is 1. The average molecular weight is 470 g/mol. The molecule has 1 N–H and O–H groups in total. The van der Waals surface area contributed by atoms with Gasteiger partial charge in [0.25, 0.3) is 0 Å². The van der Waals surface area contributed by atoms with Crippen LogP contribution in [0.2, 0.25) is 0 Å². The summed E-state index contributed by atoms with van der Waals surface area (Å²) in [6, 6.07) is 8.30. The average Bonchev–Trinajstić information content (AvgIpc) is 3.23. The van der Waals surface area contributed by atoms with E-state index in [9.17, 15) is 4.79 Å². The Hall–Kier alpha value is -1.11. The van der Waals surface area contributed by atoms with Crippen LogP contribution in [0.5, 0.6) is 0 Å². The smallest absolute Gasteiger partial charge is 0.238 e. The molecule has 6 heteroatoms. The molecule has 1 aromatic heterocycles. The van der Waals surface area contributed by atoms with Gasteiger partial charge in [0, 0.05) is 15.0 Å². The minimum Gasteiger partial charge on any atom is -0.468 e. The Morgan fingerprint density at radius 1 is 1.28 bits per heavy atom. The van der Waals surface area contributed by atoms with Crippen LogP contribution < -0.4 is 5.32 Å². The summed E-state index contributed by atoms with van der Waals surface area (Å²) in [5.74, 6) is 0.890. The minimum absolute atomic E-state index is 0.0105. The number of nitrogens with one attached hydrogen (secondary N) is 1. The number of rotatable bonds is 6. The molecule has 1 aliphatic rings. The van der Waals surface area contributed by atoms with Crippen molar-refractivity contribution in [3.05, 3.63) is 50.8 Å². The van der Waals surface area contributed by atoms with Gasteiger partial charge in [-0.2, -0.15) is 0 Å². The van der Waals surface area contributed by atoms with E-state index in [1.165, 1.54) is 12.8 Å². The van der Waals surface area contributed by atoms with Crippen LogP contribution in [0.3, 0.4) is 0 Å². The second kappa shape index (κ2) is 8.52. The van der Waals surface area contributed by atoms with E-state index in [1.54, 1.807) is 6.26 Å². The highest BCUT2D eigenvalue weighted by Gasteiger charge is 2.25. The fourth-order valence-electron chi connectivity index (χ4n) is 3.37. The lowest BCUT2D eigenvalue weighted by Gasteiger charge is -2.27. The second-order valence-corrected chi connectivity index (χ2v) is 8.28. The van der Waals surface area contributed by atoms with E-state index in [-0.39, 0.29) is 5.91 Å². The Labute approximate surface area is 165 Å². The molecule has 0 saturated heterocycles. The zero-order valence-corrected chi connectivity index (χ0v) is 17.4. The van der Waals surface area contributed by atoms with Crippen molar-refractivity contribution in [3.63, 3.8) is 0 Å². The Balaban J connectivity index is 1.69. The van der Waals surface area contributed by atoms with Crippen LogP contribution in [0.15, 0.2) is 43.9 Å². The Bertz CT molecular complexity index is 702. The Morgan fingerprint density at radius 3 is 2.56 bits per heavy atom. The summed E-state index contributed by atoms with van der Waals surface area (Å²) in [7, 11) is 0. The van der Waals surface area contributed by atoms with Crippen molar-refractivity contribution in [2.24, 2.45) is 0 Å². The van der Waals surface area contributed by atoms with Crippen LogP contribution in [0.25, 0.3) is 0 Å². The fourth-order valence-corrected chi connectivity index (χ4v) is 4.98. The lowest BCUT2D eigenvalue weighted by molar-refractivity contribution is -0.118. The molecule has 25 heavy (non-hydrogen) atoms. The molecule has 2 aromatic rings. The topological polar surface area (TPSA) is 45.5 Å². The van der Waals surface area contributed by atoms with Crippen LogP contribution in [-0.2, 0) is 11.3 Å². The first kappa shape index (κ1) is 18.7. The summed E-state index contributed by atoms with van der Waals surface area (Å²) in [6.45, 7) is 3.05. The molecule has 1 aromatic carbocycles. The van der Waals surface area contributed by atoms with E-state index in [2.05, 4.69) is 42.1 Å². The van der Waals surface area contributed by atoms with E-state index in [4.69, 9.17) is 4.42 Å². The molecule has 0 aliphatic heterocycles. The third kappa shape index (κ3) is 4.96. The highest BCUT2D eigenvalue weighted by Crippen LogP contribution is 2.32. The largest absolute Gasteiger partial charge is 0.468 e. The van der Waals surface area contributed by atoms with Crippen LogP contribution in [-0.4, -0.2) is 23.4 Å². The van der Waals surface area contributed by atoms with Gasteiger partial charge >= 0.3 is 0 Å². The second-order valence-electron chi connectivity index (χ2n) is 6.57. The molecule has 1 saturated carbocycles. The van der Waals surface area contributed by atoms with Gasteiger partial charge < -0.3 is 9.73 Å². The molecule has 134 valence electrons. The number of hydrogen-bond acceptors (Lipinski definition) is 3.